The highest BCUT2D eigenvalue weighted by Gasteiger charge is 2.23. The summed E-state index contributed by atoms with van der Waals surface area (Å²) in [5.74, 6) is 0.790. The van der Waals surface area contributed by atoms with Gasteiger partial charge in [0.1, 0.15) is 0 Å². The van der Waals surface area contributed by atoms with Crippen molar-refractivity contribution < 1.29 is 9.00 Å². The molecule has 0 saturated heterocycles. The number of benzene rings is 2. The normalized spacial score (nSPS) is 15.7. The van der Waals surface area contributed by atoms with Gasteiger partial charge in [0, 0.05) is 34.9 Å². The molecule has 0 aliphatic heterocycles. The second kappa shape index (κ2) is 6.61. The summed E-state index contributed by atoms with van der Waals surface area (Å²) in [5.41, 5.74) is 1.19. The second-order valence-corrected chi connectivity index (χ2v) is 7.38. The Kier molecular flexibility index (Phi) is 4.57. The van der Waals surface area contributed by atoms with E-state index in [2.05, 4.69) is 17.4 Å². The first-order valence-corrected chi connectivity index (χ1v) is 9.31. The highest BCUT2D eigenvalue weighted by atomic mass is 32.2. The molecule has 3 nitrogen and oxygen atoms in total. The maximum absolute atomic E-state index is 11.7. The second-order valence-electron chi connectivity index (χ2n) is 6.00. The standard InChI is InChI=1S/C18H21NO2S/c1-22(21)16-8-7-14-3-2-4-15(17(14)12-16)9-10-19-18(20)11-13-5-6-13/h2-4,7-8,12-13H,5-6,9-11H2,1H3,(H,19,20). The fourth-order valence-corrected chi connectivity index (χ4v) is 3.25. The van der Waals surface area contributed by atoms with Gasteiger partial charge in [0.25, 0.3) is 0 Å². The molecule has 0 radical (unpaired) electrons. The van der Waals surface area contributed by atoms with Crippen molar-refractivity contribution in [2.75, 3.05) is 12.8 Å². The summed E-state index contributed by atoms with van der Waals surface area (Å²) < 4.78 is 11.7. The summed E-state index contributed by atoms with van der Waals surface area (Å²) in [5, 5.41) is 5.29. The first-order valence-electron chi connectivity index (χ1n) is 7.75. The molecule has 1 amide bonds. The lowest BCUT2D eigenvalue weighted by atomic mass is 10.0. The third-order valence-corrected chi connectivity index (χ3v) is 5.08. The molecule has 0 spiro atoms. The predicted octanol–water partition coefficient (Wildman–Crippen LogP) is 3.04. The minimum Gasteiger partial charge on any atom is -0.356 e. The van der Waals surface area contributed by atoms with Crippen LogP contribution in [0.15, 0.2) is 41.3 Å². The summed E-state index contributed by atoms with van der Waals surface area (Å²) in [7, 11) is -0.976. The largest absolute Gasteiger partial charge is 0.356 e. The first kappa shape index (κ1) is 15.2. The van der Waals surface area contributed by atoms with Crippen molar-refractivity contribution in [2.24, 2.45) is 5.92 Å². The first-order chi connectivity index (χ1) is 10.6. The molecule has 1 aliphatic carbocycles. The SMILES string of the molecule is CS(=O)c1ccc2cccc(CCNC(=O)CC3CC3)c2c1. The summed E-state index contributed by atoms with van der Waals surface area (Å²) in [4.78, 5) is 12.6. The van der Waals surface area contributed by atoms with Gasteiger partial charge in [-0.15, -0.1) is 0 Å². The Labute approximate surface area is 133 Å². The van der Waals surface area contributed by atoms with Crippen LogP contribution < -0.4 is 5.32 Å². The van der Waals surface area contributed by atoms with E-state index in [9.17, 15) is 9.00 Å². The van der Waals surface area contributed by atoms with E-state index in [0.717, 1.165) is 22.1 Å². The number of amides is 1. The number of carbonyl (C=O) groups is 1. The van der Waals surface area contributed by atoms with Crippen molar-refractivity contribution in [3.05, 3.63) is 42.0 Å². The summed E-state index contributed by atoms with van der Waals surface area (Å²) in [6, 6.07) is 12.1. The summed E-state index contributed by atoms with van der Waals surface area (Å²) in [6.45, 7) is 0.657. The molecule has 1 aliphatic rings. The molecule has 1 N–H and O–H groups in total. The zero-order valence-electron chi connectivity index (χ0n) is 12.8. The molecule has 116 valence electrons. The van der Waals surface area contributed by atoms with Gasteiger partial charge in [-0.25, -0.2) is 0 Å². The van der Waals surface area contributed by atoms with Gasteiger partial charge < -0.3 is 5.32 Å². The molecule has 1 atom stereocenters. The molecule has 2 aromatic carbocycles. The van der Waals surface area contributed by atoms with Crippen molar-refractivity contribution in [1.82, 2.24) is 5.32 Å². The molecular formula is C18H21NO2S. The van der Waals surface area contributed by atoms with Gasteiger partial charge >= 0.3 is 0 Å². The third kappa shape index (κ3) is 3.74. The minimum absolute atomic E-state index is 0.165. The van der Waals surface area contributed by atoms with Crippen LogP contribution in [-0.4, -0.2) is 22.9 Å². The molecule has 0 aromatic heterocycles. The van der Waals surface area contributed by atoms with Crippen molar-refractivity contribution >= 4 is 27.5 Å². The van der Waals surface area contributed by atoms with Gasteiger partial charge in [0.05, 0.1) is 0 Å². The van der Waals surface area contributed by atoms with E-state index in [1.165, 1.54) is 18.4 Å². The van der Waals surface area contributed by atoms with E-state index in [4.69, 9.17) is 0 Å². The van der Waals surface area contributed by atoms with Gasteiger partial charge in [0.15, 0.2) is 0 Å². The molecule has 1 unspecified atom stereocenters. The van der Waals surface area contributed by atoms with Crippen LogP contribution in [0.3, 0.4) is 0 Å². The van der Waals surface area contributed by atoms with Gasteiger partial charge in [-0.2, -0.15) is 0 Å². The summed E-state index contributed by atoms with van der Waals surface area (Å²) in [6.07, 6.45) is 5.57. The molecule has 4 heteroatoms. The van der Waals surface area contributed by atoms with Crippen molar-refractivity contribution in [1.29, 1.82) is 0 Å². The van der Waals surface area contributed by atoms with Crippen LogP contribution >= 0.6 is 0 Å². The van der Waals surface area contributed by atoms with Crippen LogP contribution in [0.1, 0.15) is 24.8 Å². The smallest absolute Gasteiger partial charge is 0.220 e. The number of nitrogens with one attached hydrogen (secondary N) is 1. The Morgan fingerprint density at radius 3 is 2.82 bits per heavy atom. The zero-order valence-corrected chi connectivity index (χ0v) is 13.6. The van der Waals surface area contributed by atoms with Crippen LogP contribution in [0.25, 0.3) is 10.8 Å². The van der Waals surface area contributed by atoms with E-state index >= 15 is 0 Å². The van der Waals surface area contributed by atoms with E-state index in [0.29, 0.717) is 18.9 Å². The van der Waals surface area contributed by atoms with Crippen LogP contribution in [0.5, 0.6) is 0 Å². The summed E-state index contributed by atoms with van der Waals surface area (Å²) >= 11 is 0. The highest BCUT2D eigenvalue weighted by molar-refractivity contribution is 7.84. The topological polar surface area (TPSA) is 46.2 Å². The van der Waals surface area contributed by atoms with Crippen molar-refractivity contribution in [3.63, 3.8) is 0 Å². The number of carbonyl (C=O) groups excluding carboxylic acids is 1. The monoisotopic (exact) mass is 315 g/mol. The lowest BCUT2D eigenvalue weighted by Crippen LogP contribution is -2.25. The average Bonchev–Trinajstić information content (AvgIpc) is 3.30. The van der Waals surface area contributed by atoms with E-state index in [-0.39, 0.29) is 5.91 Å². The van der Waals surface area contributed by atoms with Gasteiger partial charge in [-0.3, -0.25) is 9.00 Å². The number of hydrogen-bond donors (Lipinski definition) is 1. The van der Waals surface area contributed by atoms with E-state index in [1.54, 1.807) is 6.26 Å². The Hall–Kier alpha value is -1.68. The van der Waals surface area contributed by atoms with Crippen LogP contribution in [0, 0.1) is 5.92 Å². The molecule has 0 bridgehead atoms. The van der Waals surface area contributed by atoms with Crippen LogP contribution in [-0.2, 0) is 22.0 Å². The fourth-order valence-electron chi connectivity index (χ4n) is 2.71. The molecule has 1 saturated carbocycles. The van der Waals surface area contributed by atoms with E-state index in [1.807, 2.05) is 24.3 Å². The Balaban J connectivity index is 1.70. The maximum Gasteiger partial charge on any atom is 0.220 e. The lowest BCUT2D eigenvalue weighted by molar-refractivity contribution is -0.121. The Morgan fingerprint density at radius 1 is 1.27 bits per heavy atom. The molecule has 2 aromatic rings. The fraction of sp³-hybridized carbons (Fsp3) is 0.389. The quantitative estimate of drug-likeness (QED) is 0.890. The number of fused-ring (bicyclic) bond motifs is 1. The maximum atomic E-state index is 11.7. The third-order valence-electron chi connectivity index (χ3n) is 4.16. The molecule has 3 rings (SSSR count). The van der Waals surface area contributed by atoms with Crippen molar-refractivity contribution in [3.8, 4) is 0 Å². The molecular weight excluding hydrogens is 294 g/mol. The van der Waals surface area contributed by atoms with E-state index < -0.39 is 10.8 Å². The van der Waals surface area contributed by atoms with Gasteiger partial charge in [-0.1, -0.05) is 24.3 Å². The van der Waals surface area contributed by atoms with Gasteiger partial charge in [-0.05, 0) is 53.6 Å². The number of hydrogen-bond acceptors (Lipinski definition) is 2. The van der Waals surface area contributed by atoms with Crippen molar-refractivity contribution in [2.45, 2.75) is 30.6 Å². The Morgan fingerprint density at radius 2 is 2.09 bits per heavy atom. The average molecular weight is 315 g/mol. The predicted molar refractivity (Wildman–Crippen MR) is 90.3 cm³/mol. The highest BCUT2D eigenvalue weighted by Crippen LogP contribution is 2.32. The minimum atomic E-state index is -0.976. The Bertz CT molecular complexity index is 722. The van der Waals surface area contributed by atoms with Crippen LogP contribution in [0.4, 0.5) is 0 Å². The zero-order chi connectivity index (χ0) is 15.5. The van der Waals surface area contributed by atoms with Crippen LogP contribution in [0.2, 0.25) is 0 Å². The molecule has 0 heterocycles. The van der Waals surface area contributed by atoms with Gasteiger partial charge in [0.2, 0.25) is 5.91 Å². The molecule has 1 fully saturated rings. The lowest BCUT2D eigenvalue weighted by Gasteiger charge is -2.09. The number of rotatable bonds is 6. The molecule has 22 heavy (non-hydrogen) atoms.